The molecule has 1 aromatic heterocycles. The van der Waals surface area contributed by atoms with Crippen LogP contribution in [0.1, 0.15) is 34.0 Å². The molecule has 2 aromatic carbocycles. The molecule has 0 spiro atoms. The van der Waals surface area contributed by atoms with E-state index in [2.05, 4.69) is 0 Å². The number of hydrogen-bond donors (Lipinski definition) is 0. The summed E-state index contributed by atoms with van der Waals surface area (Å²) in [6.45, 7) is 3.78. The summed E-state index contributed by atoms with van der Waals surface area (Å²) in [5.74, 6) is -0.798. The van der Waals surface area contributed by atoms with Crippen LogP contribution in [0.15, 0.2) is 53.5 Å². The summed E-state index contributed by atoms with van der Waals surface area (Å²) >= 11 is 0. The predicted octanol–water partition coefficient (Wildman–Crippen LogP) is 4.55. The van der Waals surface area contributed by atoms with E-state index in [1.165, 1.54) is 10.8 Å². The maximum absolute atomic E-state index is 13.2. The van der Waals surface area contributed by atoms with Crippen molar-refractivity contribution in [1.29, 1.82) is 0 Å². The van der Waals surface area contributed by atoms with E-state index < -0.39 is 23.1 Å². The van der Waals surface area contributed by atoms with E-state index in [9.17, 15) is 22.8 Å². The first-order valence-electron chi connectivity index (χ1n) is 8.68. The molecule has 0 aliphatic carbocycles. The molecule has 0 fully saturated rings. The highest BCUT2D eigenvalue weighted by atomic mass is 19.4. The maximum atomic E-state index is 13.2. The average molecular weight is 389 g/mol. The zero-order valence-corrected chi connectivity index (χ0v) is 15.3. The number of nitrogens with zero attached hydrogens (tertiary/aromatic N) is 1. The minimum absolute atomic E-state index is 0.0344. The smallest absolute Gasteiger partial charge is 0.416 e. The van der Waals surface area contributed by atoms with Gasteiger partial charge in [-0.05, 0) is 43.2 Å². The number of rotatable bonds is 4. The van der Waals surface area contributed by atoms with Gasteiger partial charge in [0.1, 0.15) is 5.56 Å². The molecular weight excluding hydrogens is 371 g/mol. The second kappa shape index (κ2) is 7.50. The van der Waals surface area contributed by atoms with Crippen LogP contribution in [0.2, 0.25) is 0 Å². The van der Waals surface area contributed by atoms with E-state index in [1.54, 1.807) is 6.92 Å². The number of ether oxygens (including phenoxy) is 1. The minimum atomic E-state index is -4.54. The number of fused-ring (bicyclic) bond motifs is 1. The molecule has 0 amide bonds. The summed E-state index contributed by atoms with van der Waals surface area (Å²) in [5, 5.41) is 0.0344. The number of pyridine rings is 1. The highest BCUT2D eigenvalue weighted by Crippen LogP contribution is 2.31. The van der Waals surface area contributed by atoms with Gasteiger partial charge in [-0.1, -0.05) is 24.3 Å². The molecule has 28 heavy (non-hydrogen) atoms. The maximum Gasteiger partial charge on any atom is 0.416 e. The van der Waals surface area contributed by atoms with Crippen LogP contribution in [0.25, 0.3) is 10.9 Å². The Balaban J connectivity index is 2.27. The molecule has 0 aliphatic heterocycles. The fraction of sp³-hybridized carbons (Fsp3) is 0.238. The van der Waals surface area contributed by atoms with Gasteiger partial charge in [-0.3, -0.25) is 4.79 Å². The van der Waals surface area contributed by atoms with E-state index in [4.69, 9.17) is 4.74 Å². The van der Waals surface area contributed by atoms with Crippen LogP contribution in [-0.4, -0.2) is 17.1 Å². The number of carbonyl (C=O) groups excluding carboxylic acids is 1. The molecule has 4 nitrogen and oxygen atoms in total. The summed E-state index contributed by atoms with van der Waals surface area (Å²) in [6.07, 6.45) is -3.27. The SMILES string of the molecule is CCOC(=O)c1cn(Cc2ccccc2C)c2cc(C(F)(F)F)ccc2c1=O. The van der Waals surface area contributed by atoms with Crippen molar-refractivity contribution in [3.63, 3.8) is 0 Å². The summed E-state index contributed by atoms with van der Waals surface area (Å²) in [5.41, 5.74) is 0.197. The third kappa shape index (κ3) is 3.78. The Morgan fingerprint density at radius 2 is 1.86 bits per heavy atom. The van der Waals surface area contributed by atoms with E-state index in [0.29, 0.717) is 0 Å². The van der Waals surface area contributed by atoms with Gasteiger partial charge in [-0.2, -0.15) is 13.2 Å². The summed E-state index contributed by atoms with van der Waals surface area (Å²) in [4.78, 5) is 24.9. The highest BCUT2D eigenvalue weighted by molar-refractivity contribution is 5.94. The van der Waals surface area contributed by atoms with Crippen molar-refractivity contribution in [2.45, 2.75) is 26.6 Å². The molecular formula is C21H18F3NO3. The lowest BCUT2D eigenvalue weighted by atomic mass is 10.1. The van der Waals surface area contributed by atoms with Crippen LogP contribution < -0.4 is 5.43 Å². The van der Waals surface area contributed by atoms with Crippen LogP contribution in [0, 0.1) is 6.92 Å². The van der Waals surface area contributed by atoms with Gasteiger partial charge in [-0.25, -0.2) is 4.79 Å². The van der Waals surface area contributed by atoms with E-state index >= 15 is 0 Å². The summed E-state index contributed by atoms with van der Waals surface area (Å²) < 4.78 is 46.0. The van der Waals surface area contributed by atoms with Crippen LogP contribution in [0.4, 0.5) is 13.2 Å². The molecule has 0 saturated heterocycles. The molecule has 0 unspecified atom stereocenters. The van der Waals surface area contributed by atoms with Gasteiger partial charge in [0.15, 0.2) is 0 Å². The number of alkyl halides is 3. The molecule has 3 aromatic rings. The largest absolute Gasteiger partial charge is 0.462 e. The lowest BCUT2D eigenvalue weighted by Gasteiger charge is -2.16. The molecule has 0 radical (unpaired) electrons. The van der Waals surface area contributed by atoms with Crippen LogP contribution in [-0.2, 0) is 17.5 Å². The van der Waals surface area contributed by atoms with Gasteiger partial charge in [-0.15, -0.1) is 0 Å². The Labute approximate surface area is 159 Å². The lowest BCUT2D eigenvalue weighted by Crippen LogP contribution is -2.21. The third-order valence-corrected chi connectivity index (χ3v) is 4.51. The quantitative estimate of drug-likeness (QED) is 0.615. The Morgan fingerprint density at radius 1 is 1.14 bits per heavy atom. The normalized spacial score (nSPS) is 11.6. The molecule has 7 heteroatoms. The molecule has 0 aliphatic rings. The number of hydrogen-bond acceptors (Lipinski definition) is 3. The third-order valence-electron chi connectivity index (χ3n) is 4.51. The Hall–Kier alpha value is -3.09. The van der Waals surface area contributed by atoms with Crippen LogP contribution in [0.3, 0.4) is 0 Å². The van der Waals surface area contributed by atoms with Crippen molar-refractivity contribution in [2.75, 3.05) is 6.61 Å². The molecule has 0 bridgehead atoms. The van der Waals surface area contributed by atoms with Crippen molar-refractivity contribution in [3.05, 3.63) is 81.1 Å². The number of esters is 1. The van der Waals surface area contributed by atoms with Gasteiger partial charge < -0.3 is 9.30 Å². The summed E-state index contributed by atoms with van der Waals surface area (Å²) in [7, 11) is 0. The monoisotopic (exact) mass is 389 g/mol. The Morgan fingerprint density at radius 3 is 2.50 bits per heavy atom. The van der Waals surface area contributed by atoms with Gasteiger partial charge in [0.05, 0.1) is 17.7 Å². The number of aromatic nitrogens is 1. The fourth-order valence-electron chi connectivity index (χ4n) is 3.02. The van der Waals surface area contributed by atoms with Crippen molar-refractivity contribution >= 4 is 16.9 Å². The Bertz CT molecular complexity index is 1100. The van der Waals surface area contributed by atoms with Gasteiger partial charge in [0, 0.05) is 18.1 Å². The standard InChI is InChI=1S/C21H18F3NO3/c1-3-28-20(27)17-12-25(11-14-7-5-4-6-13(14)2)18-10-15(21(22,23)24)8-9-16(18)19(17)26/h4-10,12H,3,11H2,1-2H3. The average Bonchev–Trinajstić information content (AvgIpc) is 2.64. The molecule has 3 rings (SSSR count). The first-order valence-corrected chi connectivity index (χ1v) is 8.68. The van der Waals surface area contributed by atoms with Crippen LogP contribution in [0.5, 0.6) is 0 Å². The number of carbonyl (C=O) groups is 1. The van der Waals surface area contributed by atoms with E-state index in [-0.39, 0.29) is 29.6 Å². The molecule has 0 saturated carbocycles. The zero-order valence-electron chi connectivity index (χ0n) is 15.3. The fourth-order valence-corrected chi connectivity index (χ4v) is 3.02. The zero-order chi connectivity index (χ0) is 20.5. The first-order chi connectivity index (χ1) is 13.2. The van der Waals surface area contributed by atoms with Crippen molar-refractivity contribution < 1.29 is 22.7 Å². The van der Waals surface area contributed by atoms with Gasteiger partial charge in [0.2, 0.25) is 5.43 Å². The molecule has 0 atom stereocenters. The number of halogens is 3. The Kier molecular flexibility index (Phi) is 5.27. The van der Waals surface area contributed by atoms with E-state index in [0.717, 1.165) is 29.3 Å². The summed E-state index contributed by atoms with van der Waals surface area (Å²) in [6, 6.07) is 10.3. The van der Waals surface area contributed by atoms with Crippen LogP contribution >= 0.6 is 0 Å². The second-order valence-electron chi connectivity index (χ2n) is 6.38. The van der Waals surface area contributed by atoms with Crippen molar-refractivity contribution in [2.24, 2.45) is 0 Å². The van der Waals surface area contributed by atoms with E-state index in [1.807, 2.05) is 31.2 Å². The topological polar surface area (TPSA) is 48.3 Å². The molecule has 146 valence electrons. The number of aryl methyl sites for hydroxylation is 1. The highest BCUT2D eigenvalue weighted by Gasteiger charge is 2.31. The lowest BCUT2D eigenvalue weighted by molar-refractivity contribution is -0.137. The number of benzene rings is 2. The van der Waals surface area contributed by atoms with Crippen molar-refractivity contribution in [3.8, 4) is 0 Å². The van der Waals surface area contributed by atoms with Gasteiger partial charge in [0.25, 0.3) is 0 Å². The molecule has 1 heterocycles. The minimum Gasteiger partial charge on any atom is -0.462 e. The second-order valence-corrected chi connectivity index (χ2v) is 6.38. The molecule has 0 N–H and O–H groups in total. The predicted molar refractivity (Wildman–Crippen MR) is 99.4 cm³/mol. The first kappa shape index (κ1) is 19.7. The van der Waals surface area contributed by atoms with Crippen molar-refractivity contribution in [1.82, 2.24) is 4.57 Å². The van der Waals surface area contributed by atoms with Gasteiger partial charge >= 0.3 is 12.1 Å².